The van der Waals surface area contributed by atoms with E-state index in [-0.39, 0.29) is 18.2 Å². The zero-order chi connectivity index (χ0) is 17.6. The molecule has 0 saturated carbocycles. The SMILES string of the molecule is CC(=O)OCCN(C=C(C(=O)O)C(=O)O)S1=CC(Cl)=C(F)C=C1. The molecule has 7 nitrogen and oxygen atoms in total. The van der Waals surface area contributed by atoms with Crippen LogP contribution in [0.15, 0.2) is 34.1 Å². The summed E-state index contributed by atoms with van der Waals surface area (Å²) in [4.78, 5) is 32.7. The number of aliphatic carboxylic acids is 2. The van der Waals surface area contributed by atoms with Gasteiger partial charge in [0, 0.05) is 18.5 Å². The van der Waals surface area contributed by atoms with Crippen molar-refractivity contribution in [2.24, 2.45) is 0 Å². The van der Waals surface area contributed by atoms with E-state index >= 15 is 0 Å². The molecule has 1 aliphatic heterocycles. The van der Waals surface area contributed by atoms with Crippen LogP contribution >= 0.6 is 22.3 Å². The monoisotopic (exact) mass is 365 g/mol. The second kappa shape index (κ2) is 8.49. The van der Waals surface area contributed by atoms with E-state index in [9.17, 15) is 18.8 Å². The summed E-state index contributed by atoms with van der Waals surface area (Å²) >= 11 is 5.69. The number of carboxylic acids is 2. The van der Waals surface area contributed by atoms with Crippen molar-refractivity contribution in [2.75, 3.05) is 13.2 Å². The third kappa shape index (κ3) is 5.87. The van der Waals surface area contributed by atoms with Crippen molar-refractivity contribution in [1.82, 2.24) is 4.31 Å². The van der Waals surface area contributed by atoms with Crippen molar-refractivity contribution in [3.8, 4) is 0 Å². The normalized spacial score (nSPS) is 16.4. The Labute approximate surface area is 138 Å². The second-order valence-corrected chi connectivity index (χ2v) is 6.18. The topological polar surface area (TPSA) is 104 Å². The van der Waals surface area contributed by atoms with Gasteiger partial charge in [0.2, 0.25) is 0 Å². The summed E-state index contributed by atoms with van der Waals surface area (Å²) in [5.41, 5.74) is -0.881. The summed E-state index contributed by atoms with van der Waals surface area (Å²) in [5.74, 6) is -4.46. The van der Waals surface area contributed by atoms with Gasteiger partial charge in [0.25, 0.3) is 0 Å². The molecular formula is C13H13ClFNO6S. The van der Waals surface area contributed by atoms with Crippen molar-refractivity contribution >= 4 is 45.5 Å². The minimum atomic E-state index is -1.63. The molecule has 0 amide bonds. The number of halogens is 2. The van der Waals surface area contributed by atoms with Crippen LogP contribution < -0.4 is 0 Å². The van der Waals surface area contributed by atoms with Crippen LogP contribution in [0.4, 0.5) is 4.39 Å². The van der Waals surface area contributed by atoms with Gasteiger partial charge in [-0.3, -0.25) is 4.79 Å². The summed E-state index contributed by atoms with van der Waals surface area (Å²) in [6.07, 6.45) is 1.99. The van der Waals surface area contributed by atoms with Crippen LogP contribution in [0.3, 0.4) is 0 Å². The first-order valence-corrected chi connectivity index (χ1v) is 7.79. The van der Waals surface area contributed by atoms with Gasteiger partial charge in [-0.2, -0.15) is 0 Å². The maximum Gasteiger partial charge on any atom is 0.344 e. The molecule has 0 radical (unpaired) electrons. The van der Waals surface area contributed by atoms with Gasteiger partial charge >= 0.3 is 17.9 Å². The largest absolute Gasteiger partial charge is 0.477 e. The van der Waals surface area contributed by atoms with Crippen LogP contribution in [0.1, 0.15) is 6.92 Å². The Morgan fingerprint density at radius 2 is 2.00 bits per heavy atom. The number of allylic oxidation sites excluding steroid dienone is 3. The summed E-state index contributed by atoms with van der Waals surface area (Å²) in [6, 6.07) is 0. The molecule has 23 heavy (non-hydrogen) atoms. The van der Waals surface area contributed by atoms with Crippen molar-refractivity contribution in [3.05, 3.63) is 34.1 Å². The quantitative estimate of drug-likeness (QED) is 0.233. The van der Waals surface area contributed by atoms with Crippen LogP contribution in [-0.4, -0.2) is 50.9 Å². The standard InChI is InChI=1S/C13H13ClFNO6S/c1-8(17)22-4-3-16(6-9(12(18)19)13(20)21)23-5-2-11(15)10(14)7-23/h2,5-7H,3-4H2,1H3,(H,18,19)(H,20,21). The average molecular weight is 366 g/mol. The number of carboxylic acid groups (broad SMARTS) is 2. The third-order valence-corrected chi connectivity index (χ3v) is 4.57. The number of carbonyl (C=O) groups is 3. The minimum Gasteiger partial charge on any atom is -0.477 e. The highest BCUT2D eigenvalue weighted by Crippen LogP contribution is 2.30. The van der Waals surface area contributed by atoms with Gasteiger partial charge in [-0.1, -0.05) is 22.3 Å². The zero-order valence-electron chi connectivity index (χ0n) is 11.9. The number of nitrogens with zero attached hydrogens (tertiary/aromatic N) is 1. The Hall–Kier alpha value is -2.13. The van der Waals surface area contributed by atoms with Crippen molar-refractivity contribution in [2.45, 2.75) is 6.92 Å². The van der Waals surface area contributed by atoms with Gasteiger partial charge in [-0.15, -0.1) is 0 Å². The van der Waals surface area contributed by atoms with Crippen molar-refractivity contribution in [3.63, 3.8) is 0 Å². The highest BCUT2D eigenvalue weighted by atomic mass is 35.5. The molecule has 0 spiro atoms. The zero-order valence-corrected chi connectivity index (χ0v) is 13.4. The number of hydrogen-bond donors (Lipinski definition) is 2. The van der Waals surface area contributed by atoms with Gasteiger partial charge in [-0.25, -0.2) is 14.0 Å². The molecule has 0 aromatic carbocycles. The molecule has 1 rings (SSSR count). The van der Waals surface area contributed by atoms with Crippen molar-refractivity contribution in [1.29, 1.82) is 0 Å². The maximum atomic E-state index is 13.2. The molecule has 2 N–H and O–H groups in total. The molecule has 1 unspecified atom stereocenters. The van der Waals surface area contributed by atoms with E-state index in [1.807, 2.05) is 0 Å². The Balaban J connectivity index is 3.12. The highest BCUT2D eigenvalue weighted by molar-refractivity contribution is 8.16. The van der Waals surface area contributed by atoms with Crippen LogP contribution in [-0.2, 0) is 19.1 Å². The Bertz CT molecular complexity index is 639. The fourth-order valence-electron chi connectivity index (χ4n) is 1.41. The van der Waals surface area contributed by atoms with Crippen LogP contribution in [0.25, 0.3) is 0 Å². The molecule has 1 atom stereocenters. The Morgan fingerprint density at radius 3 is 2.48 bits per heavy atom. The van der Waals surface area contributed by atoms with Gasteiger partial charge in [0.1, 0.15) is 12.4 Å². The predicted molar refractivity (Wildman–Crippen MR) is 83.5 cm³/mol. The van der Waals surface area contributed by atoms with E-state index in [2.05, 4.69) is 0 Å². The first-order valence-electron chi connectivity index (χ1n) is 6.11. The van der Waals surface area contributed by atoms with E-state index in [0.717, 1.165) is 12.3 Å². The van der Waals surface area contributed by atoms with Gasteiger partial charge in [0.15, 0.2) is 5.57 Å². The van der Waals surface area contributed by atoms with Gasteiger partial charge in [0.05, 0.1) is 11.6 Å². The van der Waals surface area contributed by atoms with E-state index in [1.165, 1.54) is 22.0 Å². The molecule has 10 heteroatoms. The van der Waals surface area contributed by atoms with E-state index < -0.39 is 40.0 Å². The smallest absolute Gasteiger partial charge is 0.344 e. The lowest BCUT2D eigenvalue weighted by atomic mass is 10.3. The molecular weight excluding hydrogens is 353 g/mol. The maximum absolute atomic E-state index is 13.2. The second-order valence-electron chi connectivity index (χ2n) is 4.10. The molecule has 0 aliphatic carbocycles. The molecule has 126 valence electrons. The van der Waals surface area contributed by atoms with E-state index in [4.69, 9.17) is 26.6 Å². The van der Waals surface area contributed by atoms with Crippen molar-refractivity contribution < 1.29 is 33.7 Å². The first-order chi connectivity index (χ1) is 10.7. The van der Waals surface area contributed by atoms with Crippen LogP contribution in [0, 0.1) is 0 Å². The number of rotatable bonds is 7. The number of ether oxygens (including phenoxy) is 1. The molecule has 0 aromatic rings. The summed E-state index contributed by atoms with van der Waals surface area (Å²) in [5, 5.41) is 20.4. The predicted octanol–water partition coefficient (Wildman–Crippen LogP) is 1.84. The summed E-state index contributed by atoms with van der Waals surface area (Å²) in [6.45, 7) is 1.09. The van der Waals surface area contributed by atoms with Crippen LogP contribution in [0.2, 0.25) is 0 Å². The third-order valence-electron chi connectivity index (χ3n) is 2.43. The number of carbonyl (C=O) groups excluding carboxylic acids is 1. The summed E-state index contributed by atoms with van der Waals surface area (Å²) < 4.78 is 19.3. The fourth-order valence-corrected chi connectivity index (χ4v) is 3.22. The minimum absolute atomic E-state index is 0.000616. The number of hydrogen-bond acceptors (Lipinski definition) is 5. The lowest BCUT2D eigenvalue weighted by molar-refractivity contribution is -0.142. The molecule has 0 bridgehead atoms. The number of esters is 1. The van der Waals surface area contributed by atoms with E-state index in [1.54, 1.807) is 0 Å². The molecule has 0 saturated heterocycles. The van der Waals surface area contributed by atoms with E-state index in [0.29, 0.717) is 0 Å². The lowest BCUT2D eigenvalue weighted by Gasteiger charge is -2.24. The Kier molecular flexibility index (Phi) is 6.98. The lowest BCUT2D eigenvalue weighted by Crippen LogP contribution is -2.22. The molecule has 1 heterocycles. The highest BCUT2D eigenvalue weighted by Gasteiger charge is 2.19. The van der Waals surface area contributed by atoms with Crippen LogP contribution in [0.5, 0.6) is 0 Å². The van der Waals surface area contributed by atoms with Gasteiger partial charge in [-0.05, 0) is 11.5 Å². The average Bonchev–Trinajstić information content (AvgIpc) is 2.44. The fraction of sp³-hybridized carbons (Fsp3) is 0.231. The molecule has 0 aromatic heterocycles. The molecule has 0 fully saturated rings. The Morgan fingerprint density at radius 1 is 1.39 bits per heavy atom. The first kappa shape index (κ1) is 18.9. The summed E-state index contributed by atoms with van der Waals surface area (Å²) in [7, 11) is -0.998. The molecule has 1 aliphatic rings. The van der Waals surface area contributed by atoms with Gasteiger partial charge < -0.3 is 19.3 Å².